The molecule has 0 aromatic carbocycles. The predicted octanol–water partition coefficient (Wildman–Crippen LogP) is 2.57. The average Bonchev–Trinajstić information content (AvgIpc) is 2.60. The Morgan fingerprint density at radius 2 is 1.55 bits per heavy atom. The number of carboxylic acid groups (broad SMARTS) is 1. The Balaban J connectivity index is 5.90. The van der Waals surface area contributed by atoms with Crippen LogP contribution in [0, 0.1) is 11.8 Å². The number of esters is 1. The van der Waals surface area contributed by atoms with E-state index in [0.717, 1.165) is 4.90 Å². The molecule has 0 fully saturated rings. The SMILES string of the molecule is CC[C@@H](C)[C@@H](OC(=O)C(N(C)C(=O)[C@H](CC(C)C)NC(=O)OC(C)(C)C)C(C)(C)O)C(=O)O. The standard InChI is InChI=1S/C23H42N2O8/c1-11-14(4)16(19(27)28)32-20(29)17(23(8,9)31)25(10)18(26)15(12-13(2)3)24-21(30)33-22(5,6)7/h13-17,31H,11-12H2,1-10H3,(H,24,30)(H,27,28)/t14-,15+,16-,17?/m1/s1. The lowest BCUT2D eigenvalue weighted by Crippen LogP contribution is -2.60. The molecule has 0 aromatic rings. The Labute approximate surface area is 197 Å². The van der Waals surface area contributed by atoms with Crippen molar-refractivity contribution >= 4 is 23.9 Å². The Morgan fingerprint density at radius 1 is 1.03 bits per heavy atom. The van der Waals surface area contributed by atoms with Crippen LogP contribution in [0.25, 0.3) is 0 Å². The fraction of sp³-hybridized carbons (Fsp3) is 0.826. The minimum Gasteiger partial charge on any atom is -0.478 e. The molecule has 2 amide bonds. The van der Waals surface area contributed by atoms with Gasteiger partial charge in [0.15, 0.2) is 6.04 Å². The highest BCUT2D eigenvalue weighted by atomic mass is 16.6. The molecule has 1 unspecified atom stereocenters. The zero-order valence-electron chi connectivity index (χ0n) is 21.6. The van der Waals surface area contributed by atoms with Gasteiger partial charge < -0.3 is 29.9 Å². The van der Waals surface area contributed by atoms with Crippen LogP contribution in [0.5, 0.6) is 0 Å². The second kappa shape index (κ2) is 12.2. The average molecular weight is 475 g/mol. The van der Waals surface area contributed by atoms with Gasteiger partial charge in [-0.2, -0.15) is 0 Å². The third-order valence-electron chi connectivity index (χ3n) is 4.97. The number of nitrogens with zero attached hydrogens (tertiary/aromatic N) is 1. The van der Waals surface area contributed by atoms with Gasteiger partial charge >= 0.3 is 18.0 Å². The molecule has 0 saturated heterocycles. The van der Waals surface area contributed by atoms with Crippen molar-refractivity contribution in [2.24, 2.45) is 11.8 Å². The number of carboxylic acids is 1. The third kappa shape index (κ3) is 10.4. The number of amides is 2. The number of aliphatic hydroxyl groups is 1. The molecular weight excluding hydrogens is 432 g/mol. The number of hydrogen-bond acceptors (Lipinski definition) is 7. The highest BCUT2D eigenvalue weighted by molar-refractivity contribution is 5.91. The summed E-state index contributed by atoms with van der Waals surface area (Å²) in [6, 6.07) is -2.54. The summed E-state index contributed by atoms with van der Waals surface area (Å²) in [4.78, 5) is 51.2. The van der Waals surface area contributed by atoms with Crippen LogP contribution in [0.2, 0.25) is 0 Å². The van der Waals surface area contributed by atoms with Crippen molar-refractivity contribution in [2.75, 3.05) is 7.05 Å². The number of alkyl carbamates (subject to hydrolysis) is 1. The maximum Gasteiger partial charge on any atom is 0.408 e. The number of nitrogens with one attached hydrogen (secondary N) is 1. The lowest BCUT2D eigenvalue weighted by atomic mass is 9.95. The molecule has 0 saturated carbocycles. The van der Waals surface area contributed by atoms with Gasteiger partial charge in [0.2, 0.25) is 12.0 Å². The first kappa shape index (κ1) is 30.6. The maximum atomic E-state index is 13.3. The second-order valence-corrected chi connectivity index (χ2v) is 10.4. The van der Waals surface area contributed by atoms with E-state index in [9.17, 15) is 29.4 Å². The maximum absolute atomic E-state index is 13.3. The molecule has 0 aromatic heterocycles. The lowest BCUT2D eigenvalue weighted by Gasteiger charge is -2.37. The summed E-state index contributed by atoms with van der Waals surface area (Å²) in [5, 5.41) is 22.6. The Morgan fingerprint density at radius 3 is 1.91 bits per heavy atom. The smallest absolute Gasteiger partial charge is 0.408 e. The number of hydrogen-bond donors (Lipinski definition) is 3. The monoisotopic (exact) mass is 474 g/mol. The minimum absolute atomic E-state index is 0.0108. The van der Waals surface area contributed by atoms with Crippen LogP contribution in [0.1, 0.15) is 75.2 Å². The van der Waals surface area contributed by atoms with Crippen LogP contribution in [-0.2, 0) is 23.9 Å². The van der Waals surface area contributed by atoms with E-state index >= 15 is 0 Å². The molecule has 0 heterocycles. The summed E-state index contributed by atoms with van der Waals surface area (Å²) in [5.74, 6) is -3.47. The molecule has 0 rings (SSSR count). The van der Waals surface area contributed by atoms with Crippen molar-refractivity contribution in [3.8, 4) is 0 Å². The Bertz CT molecular complexity index is 694. The van der Waals surface area contributed by atoms with Crippen LogP contribution < -0.4 is 5.32 Å². The highest BCUT2D eigenvalue weighted by Crippen LogP contribution is 2.22. The molecule has 10 heteroatoms. The van der Waals surface area contributed by atoms with Crippen molar-refractivity contribution in [1.29, 1.82) is 0 Å². The van der Waals surface area contributed by atoms with Crippen molar-refractivity contribution in [1.82, 2.24) is 10.2 Å². The van der Waals surface area contributed by atoms with E-state index in [1.165, 1.54) is 20.9 Å². The number of likely N-dealkylation sites (N-methyl/N-ethyl adjacent to an activating group) is 1. The molecule has 192 valence electrons. The Kier molecular flexibility index (Phi) is 11.3. The van der Waals surface area contributed by atoms with Gasteiger partial charge in [0.1, 0.15) is 11.6 Å². The van der Waals surface area contributed by atoms with Crippen molar-refractivity contribution in [3.63, 3.8) is 0 Å². The van der Waals surface area contributed by atoms with Gasteiger partial charge in [0.25, 0.3) is 0 Å². The topological polar surface area (TPSA) is 142 Å². The first-order chi connectivity index (χ1) is 14.8. The van der Waals surface area contributed by atoms with Gasteiger partial charge in [-0.05, 0) is 53.4 Å². The molecule has 4 atom stereocenters. The van der Waals surface area contributed by atoms with Gasteiger partial charge in [0, 0.05) is 13.0 Å². The summed E-state index contributed by atoms with van der Waals surface area (Å²) < 4.78 is 10.5. The van der Waals surface area contributed by atoms with E-state index in [1.54, 1.807) is 34.6 Å². The van der Waals surface area contributed by atoms with Gasteiger partial charge in [-0.15, -0.1) is 0 Å². The van der Waals surface area contributed by atoms with E-state index < -0.39 is 59.2 Å². The first-order valence-electron chi connectivity index (χ1n) is 11.2. The molecule has 0 aliphatic carbocycles. The quantitative estimate of drug-likeness (QED) is 0.388. The van der Waals surface area contributed by atoms with Gasteiger partial charge in [-0.3, -0.25) is 4.79 Å². The fourth-order valence-corrected chi connectivity index (χ4v) is 3.25. The van der Waals surface area contributed by atoms with Crippen molar-refractivity contribution < 1.29 is 38.9 Å². The molecule has 0 radical (unpaired) electrons. The highest BCUT2D eigenvalue weighted by Gasteiger charge is 2.44. The summed E-state index contributed by atoms with van der Waals surface area (Å²) in [7, 11) is 1.30. The van der Waals surface area contributed by atoms with Crippen LogP contribution in [0.3, 0.4) is 0 Å². The van der Waals surface area contributed by atoms with Gasteiger partial charge in [0.05, 0.1) is 5.60 Å². The molecule has 0 aliphatic rings. The zero-order valence-corrected chi connectivity index (χ0v) is 21.6. The van der Waals surface area contributed by atoms with Crippen LogP contribution in [-0.4, -0.2) is 75.5 Å². The van der Waals surface area contributed by atoms with E-state index in [0.29, 0.717) is 6.42 Å². The second-order valence-electron chi connectivity index (χ2n) is 10.4. The molecule has 33 heavy (non-hydrogen) atoms. The van der Waals surface area contributed by atoms with Crippen LogP contribution in [0.15, 0.2) is 0 Å². The molecule has 3 N–H and O–H groups in total. The predicted molar refractivity (Wildman–Crippen MR) is 122 cm³/mol. The molecule has 0 bridgehead atoms. The van der Waals surface area contributed by atoms with E-state index in [2.05, 4.69) is 5.32 Å². The number of carbonyl (C=O) groups excluding carboxylic acids is 3. The van der Waals surface area contributed by atoms with E-state index in [-0.39, 0.29) is 12.3 Å². The Hall–Kier alpha value is -2.36. The molecular formula is C23H42N2O8. The van der Waals surface area contributed by atoms with E-state index in [4.69, 9.17) is 9.47 Å². The third-order valence-corrected chi connectivity index (χ3v) is 4.97. The molecule has 10 nitrogen and oxygen atoms in total. The minimum atomic E-state index is -1.76. The number of ether oxygens (including phenoxy) is 2. The molecule has 0 spiro atoms. The fourth-order valence-electron chi connectivity index (χ4n) is 3.25. The van der Waals surface area contributed by atoms with Crippen molar-refractivity contribution in [3.05, 3.63) is 0 Å². The number of aliphatic carboxylic acids is 1. The van der Waals surface area contributed by atoms with Crippen molar-refractivity contribution in [2.45, 2.75) is 105 Å². The summed E-state index contributed by atoms with van der Waals surface area (Å²) in [6.07, 6.45) is -1.52. The number of carbonyl (C=O) groups is 4. The molecule has 0 aliphatic heterocycles. The lowest BCUT2D eigenvalue weighted by molar-refractivity contribution is -0.179. The summed E-state index contributed by atoms with van der Waals surface area (Å²) in [6.45, 7) is 14.8. The van der Waals surface area contributed by atoms with Crippen LogP contribution in [0.4, 0.5) is 4.79 Å². The van der Waals surface area contributed by atoms with Gasteiger partial charge in [-0.1, -0.05) is 27.7 Å². The van der Waals surface area contributed by atoms with Gasteiger partial charge in [-0.25, -0.2) is 14.4 Å². The van der Waals surface area contributed by atoms with E-state index in [1.807, 2.05) is 13.8 Å². The zero-order chi connectivity index (χ0) is 26.3. The first-order valence-corrected chi connectivity index (χ1v) is 11.2. The normalized spacial score (nSPS) is 15.8. The summed E-state index contributed by atoms with van der Waals surface area (Å²) in [5.41, 5.74) is -2.53. The summed E-state index contributed by atoms with van der Waals surface area (Å²) >= 11 is 0. The number of rotatable bonds is 11. The van der Waals surface area contributed by atoms with Crippen LogP contribution >= 0.6 is 0 Å². The largest absolute Gasteiger partial charge is 0.478 e.